The van der Waals surface area contributed by atoms with Crippen molar-refractivity contribution < 1.29 is 8.42 Å². The lowest BCUT2D eigenvalue weighted by Crippen LogP contribution is -2.27. The largest absolute Gasteiger partial charge is 0.381 e. The predicted octanol–water partition coefficient (Wildman–Crippen LogP) is 0.245. The van der Waals surface area contributed by atoms with Gasteiger partial charge in [0, 0.05) is 13.6 Å². The van der Waals surface area contributed by atoms with Gasteiger partial charge in [0.15, 0.2) is 5.82 Å². The van der Waals surface area contributed by atoms with Gasteiger partial charge in [-0.15, -0.1) is 0 Å². The molecule has 1 heterocycles. The van der Waals surface area contributed by atoms with E-state index in [2.05, 4.69) is 16.7 Å². The molecule has 96 valence electrons. The van der Waals surface area contributed by atoms with Crippen molar-refractivity contribution in [2.24, 2.45) is 18.9 Å². The van der Waals surface area contributed by atoms with Gasteiger partial charge < -0.3 is 5.73 Å². The van der Waals surface area contributed by atoms with Gasteiger partial charge >= 0.3 is 0 Å². The van der Waals surface area contributed by atoms with E-state index in [9.17, 15) is 8.42 Å². The Balaban J connectivity index is 2.19. The second-order valence-corrected chi connectivity index (χ2v) is 6.45. The van der Waals surface area contributed by atoms with Gasteiger partial charge in [-0.2, -0.15) is 5.10 Å². The molecule has 3 N–H and O–H groups in total. The van der Waals surface area contributed by atoms with Crippen LogP contribution in [0.1, 0.15) is 19.0 Å². The van der Waals surface area contributed by atoms with Crippen LogP contribution >= 0.6 is 0 Å². The molecule has 0 radical (unpaired) electrons. The highest BCUT2D eigenvalue weighted by Gasteiger charge is 2.34. The first-order valence-electron chi connectivity index (χ1n) is 5.61. The topological polar surface area (TPSA) is 90.0 Å². The van der Waals surface area contributed by atoms with Crippen LogP contribution in [-0.4, -0.2) is 24.7 Å². The summed E-state index contributed by atoms with van der Waals surface area (Å²) in [5.41, 5.74) is 6.18. The zero-order valence-electron chi connectivity index (χ0n) is 10.3. The number of aryl methyl sites for hydroxylation is 1. The minimum atomic E-state index is -3.54. The first-order valence-corrected chi connectivity index (χ1v) is 7.10. The fourth-order valence-electron chi connectivity index (χ4n) is 1.92. The molecular formula is C10H18N4O2S. The zero-order chi connectivity index (χ0) is 12.8. The van der Waals surface area contributed by atoms with Crippen LogP contribution in [0.2, 0.25) is 0 Å². The SMILES string of the molecule is Cc1c(S(=O)(=O)NCC2CC2C)c(N)nn1C. The zero-order valence-corrected chi connectivity index (χ0v) is 11.1. The average molecular weight is 258 g/mol. The third-order valence-corrected chi connectivity index (χ3v) is 4.97. The van der Waals surface area contributed by atoms with Crippen LogP contribution in [0.15, 0.2) is 4.90 Å². The maximum absolute atomic E-state index is 12.1. The smallest absolute Gasteiger partial charge is 0.246 e. The van der Waals surface area contributed by atoms with Crippen molar-refractivity contribution >= 4 is 15.8 Å². The van der Waals surface area contributed by atoms with E-state index in [1.807, 2.05) is 0 Å². The molecule has 1 aliphatic rings. The summed E-state index contributed by atoms with van der Waals surface area (Å²) in [6.07, 6.45) is 1.09. The van der Waals surface area contributed by atoms with Gasteiger partial charge in [-0.1, -0.05) is 6.92 Å². The first kappa shape index (κ1) is 12.4. The van der Waals surface area contributed by atoms with Crippen LogP contribution < -0.4 is 10.5 Å². The lowest BCUT2D eigenvalue weighted by molar-refractivity contribution is 0.574. The van der Waals surface area contributed by atoms with Crippen LogP contribution in [0.5, 0.6) is 0 Å². The Morgan fingerprint density at radius 2 is 2.18 bits per heavy atom. The number of nitrogens with one attached hydrogen (secondary N) is 1. The molecule has 0 amide bonds. The third-order valence-electron chi connectivity index (χ3n) is 3.38. The molecule has 17 heavy (non-hydrogen) atoms. The van der Waals surface area contributed by atoms with E-state index < -0.39 is 10.0 Å². The number of nitrogens with two attached hydrogens (primary N) is 1. The Morgan fingerprint density at radius 3 is 2.59 bits per heavy atom. The maximum atomic E-state index is 12.1. The summed E-state index contributed by atoms with van der Waals surface area (Å²) >= 11 is 0. The fraction of sp³-hybridized carbons (Fsp3) is 0.700. The maximum Gasteiger partial charge on any atom is 0.246 e. The standard InChI is InChI=1S/C10H18N4O2S/c1-6-4-8(6)5-12-17(15,16)9-7(2)14(3)13-10(9)11/h6,8,12H,4-5H2,1-3H3,(H2,11,13). The van der Waals surface area contributed by atoms with E-state index in [0.717, 1.165) is 6.42 Å². The van der Waals surface area contributed by atoms with Gasteiger partial charge in [-0.05, 0) is 25.2 Å². The summed E-state index contributed by atoms with van der Waals surface area (Å²) < 4.78 is 28.2. The molecule has 7 heteroatoms. The fourth-order valence-corrected chi connectivity index (χ4v) is 3.33. The average Bonchev–Trinajstić information content (AvgIpc) is 2.84. The summed E-state index contributed by atoms with van der Waals surface area (Å²) in [4.78, 5) is 0.105. The van der Waals surface area contributed by atoms with Crippen molar-refractivity contribution in [1.29, 1.82) is 0 Å². The van der Waals surface area contributed by atoms with Crippen molar-refractivity contribution in [1.82, 2.24) is 14.5 Å². The Hall–Kier alpha value is -1.08. The number of nitrogen functional groups attached to an aromatic ring is 1. The number of hydrogen-bond donors (Lipinski definition) is 2. The Labute approximate surface area is 101 Å². The van der Waals surface area contributed by atoms with E-state index in [1.165, 1.54) is 4.68 Å². The molecule has 0 aliphatic heterocycles. The van der Waals surface area contributed by atoms with E-state index >= 15 is 0 Å². The van der Waals surface area contributed by atoms with E-state index in [1.54, 1.807) is 14.0 Å². The van der Waals surface area contributed by atoms with Gasteiger partial charge in [0.2, 0.25) is 10.0 Å². The summed E-state index contributed by atoms with van der Waals surface area (Å²) in [7, 11) is -1.86. The molecule has 0 spiro atoms. The van der Waals surface area contributed by atoms with Crippen molar-refractivity contribution in [3.8, 4) is 0 Å². The number of hydrogen-bond acceptors (Lipinski definition) is 4. The van der Waals surface area contributed by atoms with Crippen LogP contribution in [0.4, 0.5) is 5.82 Å². The minimum Gasteiger partial charge on any atom is -0.381 e. The molecule has 0 aromatic carbocycles. The molecule has 0 saturated heterocycles. The van der Waals surface area contributed by atoms with E-state index in [4.69, 9.17) is 5.73 Å². The number of aromatic nitrogens is 2. The molecule has 1 aromatic rings. The molecule has 1 saturated carbocycles. The summed E-state index contributed by atoms with van der Waals surface area (Å²) in [6.45, 7) is 4.29. The molecule has 2 unspecified atom stereocenters. The molecule has 1 aliphatic carbocycles. The Morgan fingerprint density at radius 1 is 1.59 bits per heavy atom. The molecule has 6 nitrogen and oxygen atoms in total. The molecule has 2 atom stereocenters. The van der Waals surface area contributed by atoms with Crippen LogP contribution in [0, 0.1) is 18.8 Å². The van der Waals surface area contributed by atoms with Crippen molar-refractivity contribution in [3.05, 3.63) is 5.69 Å². The van der Waals surface area contributed by atoms with E-state index in [0.29, 0.717) is 24.1 Å². The van der Waals surface area contributed by atoms with Gasteiger partial charge in [0.1, 0.15) is 4.90 Å². The lowest BCUT2D eigenvalue weighted by Gasteiger charge is -2.06. The second kappa shape index (κ2) is 3.99. The predicted molar refractivity (Wildman–Crippen MR) is 64.8 cm³/mol. The number of sulfonamides is 1. The normalized spacial score (nSPS) is 23.9. The number of nitrogens with zero attached hydrogens (tertiary/aromatic N) is 2. The quantitative estimate of drug-likeness (QED) is 0.809. The van der Waals surface area contributed by atoms with Gasteiger partial charge in [0.05, 0.1) is 5.69 Å². The number of anilines is 1. The Kier molecular flexibility index (Phi) is 2.90. The first-order chi connectivity index (χ1) is 7.83. The van der Waals surface area contributed by atoms with Crippen LogP contribution in [0.3, 0.4) is 0 Å². The lowest BCUT2D eigenvalue weighted by atomic mass is 10.3. The molecule has 1 fully saturated rings. The number of rotatable bonds is 4. The summed E-state index contributed by atoms with van der Waals surface area (Å²) in [5.74, 6) is 1.13. The highest BCUT2D eigenvalue weighted by Crippen LogP contribution is 2.37. The van der Waals surface area contributed by atoms with Gasteiger partial charge in [-0.3, -0.25) is 4.68 Å². The van der Waals surface area contributed by atoms with Crippen molar-refractivity contribution in [2.75, 3.05) is 12.3 Å². The summed E-state index contributed by atoms with van der Waals surface area (Å²) in [6, 6.07) is 0. The van der Waals surface area contributed by atoms with Crippen molar-refractivity contribution in [3.63, 3.8) is 0 Å². The van der Waals surface area contributed by atoms with E-state index in [-0.39, 0.29) is 10.7 Å². The van der Waals surface area contributed by atoms with Crippen LogP contribution in [-0.2, 0) is 17.1 Å². The molecule has 1 aromatic heterocycles. The van der Waals surface area contributed by atoms with Gasteiger partial charge in [-0.25, -0.2) is 13.1 Å². The second-order valence-electron chi connectivity index (χ2n) is 4.75. The minimum absolute atomic E-state index is 0.0568. The van der Waals surface area contributed by atoms with Gasteiger partial charge in [0.25, 0.3) is 0 Å². The third kappa shape index (κ3) is 2.30. The van der Waals surface area contributed by atoms with Crippen molar-refractivity contribution in [2.45, 2.75) is 25.2 Å². The molecule has 2 rings (SSSR count). The highest BCUT2D eigenvalue weighted by molar-refractivity contribution is 7.89. The Bertz CT molecular complexity index is 535. The molecular weight excluding hydrogens is 240 g/mol. The monoisotopic (exact) mass is 258 g/mol. The summed E-state index contributed by atoms with van der Waals surface area (Å²) in [5, 5.41) is 3.91. The van der Waals surface area contributed by atoms with Crippen LogP contribution in [0.25, 0.3) is 0 Å². The molecule has 0 bridgehead atoms. The highest BCUT2D eigenvalue weighted by atomic mass is 32.2.